The highest BCUT2D eigenvalue weighted by atomic mass is 16.3. The summed E-state index contributed by atoms with van der Waals surface area (Å²) in [5.74, 6) is 0.407. The van der Waals surface area contributed by atoms with Gasteiger partial charge in [0.2, 0.25) is 0 Å². The maximum absolute atomic E-state index is 12.1. The van der Waals surface area contributed by atoms with Gasteiger partial charge >= 0.3 is 6.03 Å². The molecule has 1 aromatic carbocycles. The number of hydrogen-bond acceptors (Lipinski definition) is 4. The van der Waals surface area contributed by atoms with Gasteiger partial charge < -0.3 is 15.7 Å². The summed E-state index contributed by atoms with van der Waals surface area (Å²) in [6.45, 7) is 5.98. The summed E-state index contributed by atoms with van der Waals surface area (Å²) >= 11 is 0. The normalized spacial score (nSPS) is 13.3. The number of amides is 2. The Morgan fingerprint density at radius 2 is 1.68 bits per heavy atom. The first-order valence-corrected chi connectivity index (χ1v) is 8.52. The smallest absolute Gasteiger partial charge is 0.315 e. The Kier molecular flexibility index (Phi) is 6.89. The molecule has 0 aliphatic carbocycles. The molecule has 0 spiro atoms. The van der Waals surface area contributed by atoms with Crippen LogP contribution in [0, 0.1) is 5.92 Å². The van der Waals surface area contributed by atoms with Crippen molar-refractivity contribution in [3.8, 4) is 11.1 Å². The first-order chi connectivity index (χ1) is 12.0. The number of hydrogen-bond donors (Lipinski definition) is 3. The Balaban J connectivity index is 1.94. The summed E-state index contributed by atoms with van der Waals surface area (Å²) in [5, 5.41) is 15.1. The van der Waals surface area contributed by atoms with Crippen molar-refractivity contribution < 1.29 is 9.90 Å². The van der Waals surface area contributed by atoms with Crippen LogP contribution in [0.1, 0.15) is 38.8 Å². The molecule has 0 aliphatic rings. The summed E-state index contributed by atoms with van der Waals surface area (Å²) in [6, 6.07) is 7.29. The minimum Gasteiger partial charge on any atom is -0.394 e. The fourth-order valence-corrected chi connectivity index (χ4v) is 2.67. The van der Waals surface area contributed by atoms with Gasteiger partial charge in [-0.2, -0.15) is 0 Å². The van der Waals surface area contributed by atoms with Crippen LogP contribution in [-0.2, 0) is 0 Å². The van der Waals surface area contributed by atoms with Gasteiger partial charge in [0.25, 0.3) is 0 Å². The van der Waals surface area contributed by atoms with Gasteiger partial charge in [-0.1, -0.05) is 38.1 Å². The van der Waals surface area contributed by atoms with Crippen LogP contribution in [-0.4, -0.2) is 33.8 Å². The minimum absolute atomic E-state index is 0.0617. The predicted molar refractivity (Wildman–Crippen MR) is 97.9 cm³/mol. The number of aliphatic hydroxyl groups excluding tert-OH is 1. The van der Waals surface area contributed by atoms with Gasteiger partial charge in [-0.3, -0.25) is 0 Å². The zero-order valence-corrected chi connectivity index (χ0v) is 14.9. The Morgan fingerprint density at radius 1 is 1.04 bits per heavy atom. The largest absolute Gasteiger partial charge is 0.394 e. The van der Waals surface area contributed by atoms with Crippen molar-refractivity contribution in [1.82, 2.24) is 20.6 Å². The highest BCUT2D eigenvalue weighted by Crippen LogP contribution is 2.20. The van der Waals surface area contributed by atoms with Gasteiger partial charge in [-0.15, -0.1) is 0 Å². The first-order valence-electron chi connectivity index (χ1n) is 8.52. The molecule has 6 heteroatoms. The average molecular weight is 342 g/mol. The number of benzene rings is 1. The summed E-state index contributed by atoms with van der Waals surface area (Å²) < 4.78 is 0. The second-order valence-electron chi connectivity index (χ2n) is 6.60. The van der Waals surface area contributed by atoms with E-state index in [-0.39, 0.29) is 24.7 Å². The third-order valence-corrected chi connectivity index (χ3v) is 3.96. The molecule has 0 saturated carbocycles. The van der Waals surface area contributed by atoms with Crippen molar-refractivity contribution in [2.24, 2.45) is 5.92 Å². The zero-order chi connectivity index (χ0) is 18.2. The van der Waals surface area contributed by atoms with E-state index in [0.717, 1.165) is 23.1 Å². The van der Waals surface area contributed by atoms with Crippen molar-refractivity contribution in [3.05, 3.63) is 48.5 Å². The Morgan fingerprint density at radius 3 is 2.24 bits per heavy atom. The van der Waals surface area contributed by atoms with E-state index in [1.165, 1.54) is 6.33 Å². The van der Waals surface area contributed by atoms with Crippen LogP contribution >= 0.6 is 0 Å². The molecule has 2 rings (SSSR count). The third kappa shape index (κ3) is 5.83. The lowest BCUT2D eigenvalue weighted by atomic mass is 10.0. The van der Waals surface area contributed by atoms with Crippen LogP contribution in [0.15, 0.2) is 43.0 Å². The monoisotopic (exact) mass is 342 g/mol. The maximum Gasteiger partial charge on any atom is 0.315 e. The lowest BCUT2D eigenvalue weighted by Crippen LogP contribution is -2.45. The fourth-order valence-electron chi connectivity index (χ4n) is 2.67. The summed E-state index contributed by atoms with van der Waals surface area (Å²) in [5.41, 5.74) is 2.98. The SMILES string of the molecule is CC(C)C[C@H](CO)NC(=O)N[C@@H](C)c1ccc(-c2cncnc2)cc1. The molecule has 1 heterocycles. The molecule has 0 fully saturated rings. The highest BCUT2D eigenvalue weighted by molar-refractivity contribution is 5.74. The average Bonchev–Trinajstić information content (AvgIpc) is 2.61. The van der Waals surface area contributed by atoms with E-state index >= 15 is 0 Å². The second kappa shape index (κ2) is 9.13. The molecule has 0 radical (unpaired) electrons. The summed E-state index contributed by atoms with van der Waals surface area (Å²) in [4.78, 5) is 20.2. The van der Waals surface area contributed by atoms with Crippen LogP contribution in [0.4, 0.5) is 4.79 Å². The van der Waals surface area contributed by atoms with Crippen molar-refractivity contribution in [2.45, 2.75) is 39.3 Å². The molecule has 0 saturated heterocycles. The van der Waals surface area contributed by atoms with Crippen molar-refractivity contribution in [1.29, 1.82) is 0 Å². The number of aromatic nitrogens is 2. The van der Waals surface area contributed by atoms with Gasteiger partial charge in [-0.25, -0.2) is 14.8 Å². The van der Waals surface area contributed by atoms with Crippen LogP contribution in [0.25, 0.3) is 11.1 Å². The van der Waals surface area contributed by atoms with Gasteiger partial charge in [0.15, 0.2) is 0 Å². The van der Waals surface area contributed by atoms with E-state index in [0.29, 0.717) is 5.92 Å². The fraction of sp³-hybridized carbons (Fsp3) is 0.421. The van der Waals surface area contributed by atoms with Crippen molar-refractivity contribution in [2.75, 3.05) is 6.61 Å². The zero-order valence-electron chi connectivity index (χ0n) is 14.9. The molecule has 25 heavy (non-hydrogen) atoms. The molecule has 1 aromatic heterocycles. The number of urea groups is 1. The van der Waals surface area contributed by atoms with Gasteiger partial charge in [0.1, 0.15) is 6.33 Å². The van der Waals surface area contributed by atoms with Crippen molar-refractivity contribution >= 4 is 6.03 Å². The number of carbonyl (C=O) groups is 1. The first kappa shape index (κ1) is 18.9. The lowest BCUT2D eigenvalue weighted by molar-refractivity contribution is 0.205. The van der Waals surface area contributed by atoms with Crippen LogP contribution in [0.2, 0.25) is 0 Å². The minimum atomic E-state index is -0.271. The quantitative estimate of drug-likeness (QED) is 0.722. The van der Waals surface area contributed by atoms with E-state index in [2.05, 4.69) is 34.4 Å². The molecule has 2 atom stereocenters. The molecule has 0 aliphatic heterocycles. The summed E-state index contributed by atoms with van der Waals surface area (Å²) in [6.07, 6.45) is 5.77. The Labute approximate surface area is 148 Å². The van der Waals surface area contributed by atoms with Crippen LogP contribution < -0.4 is 10.6 Å². The van der Waals surface area contributed by atoms with Crippen molar-refractivity contribution in [3.63, 3.8) is 0 Å². The molecule has 2 amide bonds. The second-order valence-corrected chi connectivity index (χ2v) is 6.60. The highest BCUT2D eigenvalue weighted by Gasteiger charge is 2.15. The predicted octanol–water partition coefficient (Wildman–Crippen LogP) is 2.91. The molecule has 0 unspecified atom stereocenters. The number of carbonyl (C=O) groups excluding carboxylic acids is 1. The maximum atomic E-state index is 12.1. The van der Waals surface area contributed by atoms with Gasteiger partial charge in [-0.05, 0) is 30.4 Å². The summed E-state index contributed by atoms with van der Waals surface area (Å²) in [7, 11) is 0. The Hall–Kier alpha value is -2.47. The standard InChI is InChI=1S/C19H26N4O2/c1-13(2)8-18(11-24)23-19(25)22-14(3)15-4-6-16(7-5-15)17-9-20-12-21-10-17/h4-7,9-10,12-14,18,24H,8,11H2,1-3H3,(H2,22,23,25)/t14-,18+/m0/s1. The van der Waals surface area contributed by atoms with E-state index in [9.17, 15) is 9.90 Å². The number of nitrogens with zero attached hydrogens (tertiary/aromatic N) is 2. The van der Waals surface area contributed by atoms with E-state index in [1.807, 2.05) is 31.2 Å². The van der Waals surface area contributed by atoms with E-state index in [1.54, 1.807) is 12.4 Å². The Bertz CT molecular complexity index is 659. The molecule has 6 nitrogen and oxygen atoms in total. The van der Waals surface area contributed by atoms with E-state index < -0.39 is 0 Å². The topological polar surface area (TPSA) is 87.1 Å². The van der Waals surface area contributed by atoms with Crippen LogP contribution in [0.5, 0.6) is 0 Å². The van der Waals surface area contributed by atoms with E-state index in [4.69, 9.17) is 0 Å². The molecule has 3 N–H and O–H groups in total. The van der Waals surface area contributed by atoms with Gasteiger partial charge in [0, 0.05) is 18.0 Å². The molecular formula is C19H26N4O2. The number of nitrogens with one attached hydrogen (secondary N) is 2. The van der Waals surface area contributed by atoms with Crippen LogP contribution in [0.3, 0.4) is 0 Å². The van der Waals surface area contributed by atoms with Gasteiger partial charge in [0.05, 0.1) is 18.7 Å². The molecule has 0 bridgehead atoms. The molecular weight excluding hydrogens is 316 g/mol. The number of aliphatic hydroxyl groups is 1. The molecule has 2 aromatic rings. The molecule has 134 valence electrons. The lowest BCUT2D eigenvalue weighted by Gasteiger charge is -2.21. The third-order valence-electron chi connectivity index (χ3n) is 3.96. The number of rotatable bonds is 7.